The Morgan fingerprint density at radius 2 is 2.00 bits per heavy atom. The summed E-state index contributed by atoms with van der Waals surface area (Å²) in [6.45, 7) is 0. The number of carbonyl (C=O) groups excluding carboxylic acids is 1. The number of nitrogens with one attached hydrogen (secondary N) is 1. The molecule has 0 saturated carbocycles. The van der Waals surface area contributed by atoms with E-state index in [2.05, 4.69) is 5.32 Å². The van der Waals surface area contributed by atoms with Gasteiger partial charge in [-0.25, -0.2) is 4.79 Å². The van der Waals surface area contributed by atoms with Crippen molar-refractivity contribution in [1.82, 2.24) is 4.90 Å². The SMILES string of the molecule is CN(C)C(=O)Nc1ccccc1Cl. The number of para-hydroxylation sites is 1. The maximum atomic E-state index is 11.2. The molecule has 0 atom stereocenters. The van der Waals surface area contributed by atoms with E-state index in [1.54, 1.807) is 26.2 Å². The molecule has 3 nitrogen and oxygen atoms in total. The third kappa shape index (κ3) is 2.63. The Morgan fingerprint density at radius 3 is 2.54 bits per heavy atom. The standard InChI is InChI=1S/C9H11ClN2O/c1-12(2)9(13)11-8-6-4-3-5-7(8)10/h3-6H,1-2H3,(H,11,13). The lowest BCUT2D eigenvalue weighted by Gasteiger charge is -2.12. The van der Waals surface area contributed by atoms with Crippen molar-refractivity contribution in [3.05, 3.63) is 29.3 Å². The molecule has 0 saturated heterocycles. The van der Waals surface area contributed by atoms with Crippen molar-refractivity contribution in [3.63, 3.8) is 0 Å². The summed E-state index contributed by atoms with van der Waals surface area (Å²) < 4.78 is 0. The first-order valence-electron chi connectivity index (χ1n) is 3.84. The molecular weight excluding hydrogens is 188 g/mol. The molecule has 1 N–H and O–H groups in total. The van der Waals surface area contributed by atoms with Crippen LogP contribution in [0.15, 0.2) is 24.3 Å². The Morgan fingerprint density at radius 1 is 1.38 bits per heavy atom. The molecule has 0 spiro atoms. The van der Waals surface area contributed by atoms with Gasteiger partial charge >= 0.3 is 6.03 Å². The van der Waals surface area contributed by atoms with E-state index in [1.165, 1.54) is 4.90 Å². The van der Waals surface area contributed by atoms with E-state index in [0.29, 0.717) is 10.7 Å². The Bertz CT molecular complexity index is 312. The van der Waals surface area contributed by atoms with Gasteiger partial charge in [-0.15, -0.1) is 0 Å². The van der Waals surface area contributed by atoms with E-state index in [9.17, 15) is 4.79 Å². The summed E-state index contributed by atoms with van der Waals surface area (Å²) in [5.74, 6) is 0. The highest BCUT2D eigenvalue weighted by Gasteiger charge is 2.05. The average molecular weight is 199 g/mol. The molecule has 0 bridgehead atoms. The fourth-order valence-corrected chi connectivity index (χ4v) is 0.973. The monoisotopic (exact) mass is 198 g/mol. The minimum absolute atomic E-state index is 0.187. The number of carbonyl (C=O) groups is 1. The normalized spacial score (nSPS) is 9.46. The van der Waals surface area contributed by atoms with Crippen LogP contribution in [0.2, 0.25) is 5.02 Å². The zero-order valence-corrected chi connectivity index (χ0v) is 8.30. The maximum Gasteiger partial charge on any atom is 0.321 e. The van der Waals surface area contributed by atoms with Crippen LogP contribution in [0.1, 0.15) is 0 Å². The predicted octanol–water partition coefficient (Wildman–Crippen LogP) is 2.43. The summed E-state index contributed by atoms with van der Waals surface area (Å²) in [7, 11) is 3.35. The number of hydrogen-bond acceptors (Lipinski definition) is 1. The quantitative estimate of drug-likeness (QED) is 0.739. The molecule has 0 aliphatic rings. The third-order valence-electron chi connectivity index (χ3n) is 1.52. The minimum atomic E-state index is -0.187. The van der Waals surface area contributed by atoms with Crippen molar-refractivity contribution >= 4 is 23.3 Å². The van der Waals surface area contributed by atoms with Gasteiger partial charge in [0, 0.05) is 14.1 Å². The highest BCUT2D eigenvalue weighted by molar-refractivity contribution is 6.33. The third-order valence-corrected chi connectivity index (χ3v) is 1.85. The number of benzene rings is 1. The first-order valence-corrected chi connectivity index (χ1v) is 4.22. The smallest absolute Gasteiger partial charge is 0.321 e. The molecule has 0 unspecified atom stereocenters. The molecule has 70 valence electrons. The van der Waals surface area contributed by atoms with Crippen molar-refractivity contribution in [2.24, 2.45) is 0 Å². The van der Waals surface area contributed by atoms with Gasteiger partial charge < -0.3 is 10.2 Å². The summed E-state index contributed by atoms with van der Waals surface area (Å²) in [5, 5.41) is 3.20. The van der Waals surface area contributed by atoms with E-state index in [4.69, 9.17) is 11.6 Å². The van der Waals surface area contributed by atoms with E-state index in [0.717, 1.165) is 0 Å². The molecule has 1 rings (SSSR count). The number of rotatable bonds is 1. The molecule has 0 aromatic heterocycles. The minimum Gasteiger partial charge on any atom is -0.331 e. The molecule has 0 fully saturated rings. The summed E-state index contributed by atoms with van der Waals surface area (Å²) in [5.41, 5.74) is 0.628. The van der Waals surface area contributed by atoms with Gasteiger partial charge in [0.05, 0.1) is 10.7 Å². The lowest BCUT2D eigenvalue weighted by Crippen LogP contribution is -2.27. The van der Waals surface area contributed by atoms with Crippen LogP contribution < -0.4 is 5.32 Å². The largest absolute Gasteiger partial charge is 0.331 e. The second-order valence-corrected chi connectivity index (χ2v) is 3.21. The summed E-state index contributed by atoms with van der Waals surface area (Å²) in [6, 6.07) is 6.93. The molecule has 0 heterocycles. The van der Waals surface area contributed by atoms with Gasteiger partial charge in [-0.3, -0.25) is 0 Å². The molecule has 4 heteroatoms. The Hall–Kier alpha value is -1.22. The molecule has 0 aliphatic carbocycles. The average Bonchev–Trinajstić information content (AvgIpc) is 2.08. The molecule has 13 heavy (non-hydrogen) atoms. The molecule has 1 aromatic carbocycles. The van der Waals surface area contributed by atoms with Gasteiger partial charge in [-0.05, 0) is 12.1 Å². The van der Waals surface area contributed by atoms with Crippen LogP contribution >= 0.6 is 11.6 Å². The highest BCUT2D eigenvalue weighted by Crippen LogP contribution is 2.20. The Balaban J connectivity index is 2.75. The number of nitrogens with zero attached hydrogens (tertiary/aromatic N) is 1. The van der Waals surface area contributed by atoms with Crippen molar-refractivity contribution in [2.45, 2.75) is 0 Å². The lowest BCUT2D eigenvalue weighted by atomic mass is 10.3. The number of halogens is 1. The van der Waals surface area contributed by atoms with Gasteiger partial charge in [0.25, 0.3) is 0 Å². The van der Waals surface area contributed by atoms with Gasteiger partial charge in [-0.1, -0.05) is 23.7 Å². The van der Waals surface area contributed by atoms with Gasteiger partial charge in [0.1, 0.15) is 0 Å². The van der Waals surface area contributed by atoms with E-state index in [-0.39, 0.29) is 6.03 Å². The zero-order valence-electron chi connectivity index (χ0n) is 7.54. The van der Waals surface area contributed by atoms with Crippen molar-refractivity contribution in [2.75, 3.05) is 19.4 Å². The maximum absolute atomic E-state index is 11.2. The van der Waals surface area contributed by atoms with Crippen LogP contribution in [0, 0.1) is 0 Å². The summed E-state index contributed by atoms with van der Waals surface area (Å²) >= 11 is 5.84. The molecule has 2 amide bonds. The first kappa shape index (κ1) is 9.86. The topological polar surface area (TPSA) is 32.3 Å². The number of hydrogen-bond donors (Lipinski definition) is 1. The Labute approximate surface area is 82.3 Å². The Kier molecular flexibility index (Phi) is 3.14. The van der Waals surface area contributed by atoms with Crippen LogP contribution in [-0.4, -0.2) is 25.0 Å². The van der Waals surface area contributed by atoms with Gasteiger partial charge in [0.15, 0.2) is 0 Å². The number of urea groups is 1. The zero-order chi connectivity index (χ0) is 9.84. The van der Waals surface area contributed by atoms with Crippen LogP contribution in [0.4, 0.5) is 10.5 Å². The summed E-state index contributed by atoms with van der Waals surface area (Å²) in [6.07, 6.45) is 0. The van der Waals surface area contributed by atoms with Gasteiger partial charge in [0.2, 0.25) is 0 Å². The number of anilines is 1. The predicted molar refractivity (Wildman–Crippen MR) is 54.2 cm³/mol. The van der Waals surface area contributed by atoms with E-state index < -0.39 is 0 Å². The first-order chi connectivity index (χ1) is 6.11. The van der Waals surface area contributed by atoms with Crippen LogP contribution in [0.5, 0.6) is 0 Å². The van der Waals surface area contributed by atoms with Crippen LogP contribution in [0.3, 0.4) is 0 Å². The molecule has 1 aromatic rings. The fraction of sp³-hybridized carbons (Fsp3) is 0.222. The molecule has 0 aliphatic heterocycles. The van der Waals surface area contributed by atoms with Gasteiger partial charge in [-0.2, -0.15) is 0 Å². The second kappa shape index (κ2) is 4.14. The molecule has 0 radical (unpaired) electrons. The van der Waals surface area contributed by atoms with Crippen molar-refractivity contribution in [1.29, 1.82) is 0 Å². The van der Waals surface area contributed by atoms with E-state index in [1.807, 2.05) is 12.1 Å². The summed E-state index contributed by atoms with van der Waals surface area (Å²) in [4.78, 5) is 12.7. The van der Waals surface area contributed by atoms with Crippen LogP contribution in [-0.2, 0) is 0 Å². The second-order valence-electron chi connectivity index (χ2n) is 2.80. The number of amides is 2. The van der Waals surface area contributed by atoms with Crippen LogP contribution in [0.25, 0.3) is 0 Å². The van der Waals surface area contributed by atoms with Crippen molar-refractivity contribution in [3.8, 4) is 0 Å². The fourth-order valence-electron chi connectivity index (χ4n) is 0.790. The highest BCUT2D eigenvalue weighted by atomic mass is 35.5. The molecular formula is C9H11ClN2O. The lowest BCUT2D eigenvalue weighted by molar-refractivity contribution is 0.230. The van der Waals surface area contributed by atoms with Crippen molar-refractivity contribution < 1.29 is 4.79 Å². The van der Waals surface area contributed by atoms with E-state index >= 15 is 0 Å².